The van der Waals surface area contributed by atoms with E-state index in [1.165, 1.54) is 0 Å². The molecule has 0 rings (SSSR count). The van der Waals surface area contributed by atoms with Gasteiger partial charge in [-0.25, -0.2) is 5.90 Å². The maximum absolute atomic E-state index is 10.1. The van der Waals surface area contributed by atoms with Crippen LogP contribution in [0.15, 0.2) is 0 Å². The minimum atomic E-state index is -1.13. The normalized spacial score (nSPS) is 15.6. The molecule has 5 N–H and O–H groups in total. The van der Waals surface area contributed by atoms with Crippen molar-refractivity contribution in [3.8, 4) is 0 Å². The van der Waals surface area contributed by atoms with Gasteiger partial charge in [-0.1, -0.05) is 0 Å². The van der Waals surface area contributed by atoms with Crippen LogP contribution in [0.1, 0.15) is 12.8 Å². The van der Waals surface area contributed by atoms with Gasteiger partial charge < -0.3 is 15.3 Å². The summed E-state index contributed by atoms with van der Waals surface area (Å²) in [5, 5.41) is 25.7. The minimum absolute atomic E-state index is 0.0769. The monoisotopic (exact) mass is 179 g/mol. The average molecular weight is 179 g/mol. The zero-order valence-electron chi connectivity index (χ0n) is 6.51. The van der Waals surface area contributed by atoms with Crippen molar-refractivity contribution in [2.24, 2.45) is 5.90 Å². The molecule has 0 spiro atoms. The molecule has 0 aliphatic carbocycles. The Morgan fingerprint density at radius 2 is 2.17 bits per heavy atom. The molecule has 0 aliphatic heterocycles. The average Bonchev–Trinajstić information content (AvgIpc) is 2.04. The topological polar surface area (TPSA) is 113 Å². The number of rotatable bonds is 6. The number of nitrogens with two attached hydrogens (primary N) is 1. The number of carbonyl (C=O) groups is 1. The lowest BCUT2D eigenvalue weighted by atomic mass is 10.1. The van der Waals surface area contributed by atoms with Gasteiger partial charge in [0.25, 0.3) is 0 Å². The summed E-state index contributed by atoms with van der Waals surface area (Å²) in [5.74, 6) is 3.77. The van der Waals surface area contributed by atoms with Crippen LogP contribution in [0.25, 0.3) is 0 Å². The van der Waals surface area contributed by atoms with Gasteiger partial charge in [-0.2, -0.15) is 0 Å². The molecule has 0 heterocycles. The molecule has 0 radical (unpaired) electrons. The molecule has 72 valence electrons. The van der Waals surface area contributed by atoms with Crippen molar-refractivity contribution < 1.29 is 25.0 Å². The van der Waals surface area contributed by atoms with Crippen LogP contribution in [0, 0.1) is 0 Å². The van der Waals surface area contributed by atoms with Gasteiger partial charge in [-0.15, -0.1) is 0 Å². The molecule has 12 heavy (non-hydrogen) atoms. The maximum Gasteiger partial charge on any atom is 0.303 e. The molecule has 0 aromatic heterocycles. The number of carboxylic acid groups (broad SMARTS) is 1. The van der Waals surface area contributed by atoms with Crippen LogP contribution in [0.5, 0.6) is 0 Å². The molecule has 0 aromatic carbocycles. The fourth-order valence-electron chi connectivity index (χ4n) is 0.734. The van der Waals surface area contributed by atoms with Crippen molar-refractivity contribution in [1.82, 2.24) is 0 Å². The Balaban J connectivity index is 3.74. The molecule has 0 aromatic rings. The van der Waals surface area contributed by atoms with E-state index < -0.39 is 24.8 Å². The second-order valence-electron chi connectivity index (χ2n) is 2.36. The second-order valence-corrected chi connectivity index (χ2v) is 2.36. The third-order valence-corrected chi connectivity index (χ3v) is 1.43. The molecule has 0 amide bonds. The Morgan fingerprint density at radius 3 is 2.50 bits per heavy atom. The van der Waals surface area contributed by atoms with Gasteiger partial charge in [0.1, 0.15) is 12.2 Å². The van der Waals surface area contributed by atoms with E-state index in [1.807, 2.05) is 0 Å². The highest BCUT2D eigenvalue weighted by Gasteiger charge is 2.19. The first-order valence-corrected chi connectivity index (χ1v) is 3.48. The third kappa shape index (κ3) is 4.24. The summed E-state index contributed by atoms with van der Waals surface area (Å²) in [5.41, 5.74) is 0. The predicted octanol–water partition coefficient (Wildman–Crippen LogP) is -1.54. The Labute approximate surface area is 69.5 Å². The fourth-order valence-corrected chi connectivity index (χ4v) is 0.734. The Kier molecular flexibility index (Phi) is 5.56. The van der Waals surface area contributed by atoms with Crippen molar-refractivity contribution in [1.29, 1.82) is 0 Å². The van der Waals surface area contributed by atoms with Crippen LogP contribution in [0.4, 0.5) is 0 Å². The van der Waals surface area contributed by atoms with E-state index in [-0.39, 0.29) is 12.8 Å². The quantitative estimate of drug-likeness (QED) is 0.368. The van der Waals surface area contributed by atoms with Crippen LogP contribution in [0.3, 0.4) is 0 Å². The number of aliphatic hydroxyl groups excluding tert-OH is 2. The second kappa shape index (κ2) is 5.90. The lowest BCUT2D eigenvalue weighted by molar-refractivity contribution is -0.138. The highest BCUT2D eigenvalue weighted by molar-refractivity contribution is 5.66. The number of hydrogen-bond acceptors (Lipinski definition) is 5. The van der Waals surface area contributed by atoms with Gasteiger partial charge in [-0.05, 0) is 6.42 Å². The van der Waals surface area contributed by atoms with Gasteiger partial charge in [0, 0.05) is 6.42 Å². The Hall–Kier alpha value is -0.690. The summed E-state index contributed by atoms with van der Waals surface area (Å²) >= 11 is 0. The summed E-state index contributed by atoms with van der Waals surface area (Å²) in [7, 11) is 0. The van der Waals surface area contributed by atoms with Gasteiger partial charge in [-0.3, -0.25) is 9.63 Å². The van der Waals surface area contributed by atoms with Crippen LogP contribution >= 0.6 is 0 Å². The highest BCUT2D eigenvalue weighted by atomic mass is 16.6. The summed E-state index contributed by atoms with van der Waals surface area (Å²) in [4.78, 5) is 14.4. The molecule has 6 heteroatoms. The molecule has 0 aliphatic rings. The Morgan fingerprint density at radius 1 is 1.58 bits per heavy atom. The molecule has 0 bridgehead atoms. The molecule has 2 unspecified atom stereocenters. The van der Waals surface area contributed by atoms with Crippen molar-refractivity contribution in [2.45, 2.75) is 25.0 Å². The first kappa shape index (κ1) is 11.3. The van der Waals surface area contributed by atoms with E-state index in [1.54, 1.807) is 0 Å². The van der Waals surface area contributed by atoms with E-state index in [4.69, 9.17) is 21.2 Å². The minimum Gasteiger partial charge on any atom is -0.481 e. The molecule has 6 nitrogen and oxygen atoms in total. The van der Waals surface area contributed by atoms with Crippen molar-refractivity contribution >= 4 is 5.97 Å². The first-order chi connectivity index (χ1) is 5.61. The third-order valence-electron chi connectivity index (χ3n) is 1.43. The number of hydrogen-bond donors (Lipinski definition) is 4. The highest BCUT2D eigenvalue weighted by Crippen LogP contribution is 2.05. The lowest BCUT2D eigenvalue weighted by Crippen LogP contribution is -2.34. The molecule has 0 fully saturated rings. The molecular formula is C6H13NO5. The van der Waals surface area contributed by atoms with Gasteiger partial charge >= 0.3 is 5.97 Å². The summed E-state index contributed by atoms with van der Waals surface area (Å²) < 4.78 is 0. The van der Waals surface area contributed by atoms with E-state index >= 15 is 0 Å². The van der Waals surface area contributed by atoms with Crippen molar-refractivity contribution in [3.63, 3.8) is 0 Å². The molecule has 0 saturated heterocycles. The summed E-state index contributed by atoms with van der Waals surface area (Å²) in [6.07, 6.45) is -2.03. The van der Waals surface area contributed by atoms with E-state index in [9.17, 15) is 4.79 Å². The first-order valence-electron chi connectivity index (χ1n) is 3.48. The number of aliphatic hydroxyl groups is 2. The molecular weight excluding hydrogens is 166 g/mol. The van der Waals surface area contributed by atoms with Crippen molar-refractivity contribution in [3.05, 3.63) is 0 Å². The van der Waals surface area contributed by atoms with E-state index in [0.29, 0.717) is 0 Å². The smallest absolute Gasteiger partial charge is 0.303 e. The maximum atomic E-state index is 10.1. The number of aliphatic carboxylic acids is 1. The SMILES string of the molecule is NOC(CCC(=O)O)C(O)CO. The largest absolute Gasteiger partial charge is 0.481 e. The van der Waals surface area contributed by atoms with Crippen LogP contribution < -0.4 is 5.90 Å². The van der Waals surface area contributed by atoms with Crippen LogP contribution in [-0.4, -0.2) is 40.1 Å². The van der Waals surface area contributed by atoms with Gasteiger partial charge in [0.05, 0.1) is 6.61 Å². The Bertz CT molecular complexity index is 140. The van der Waals surface area contributed by atoms with Crippen molar-refractivity contribution in [2.75, 3.05) is 6.61 Å². The fraction of sp³-hybridized carbons (Fsp3) is 0.833. The standard InChI is InChI=1S/C6H13NO5/c7-12-5(4(9)3-8)1-2-6(10)11/h4-5,8-9H,1-3,7H2,(H,10,11). The van der Waals surface area contributed by atoms with Crippen LogP contribution in [-0.2, 0) is 9.63 Å². The van der Waals surface area contributed by atoms with E-state index in [0.717, 1.165) is 0 Å². The van der Waals surface area contributed by atoms with Gasteiger partial charge in [0.2, 0.25) is 0 Å². The summed E-state index contributed by atoms with van der Waals surface area (Å²) in [6, 6.07) is 0. The lowest BCUT2D eigenvalue weighted by Gasteiger charge is -2.17. The number of carboxylic acids is 1. The zero-order chi connectivity index (χ0) is 9.56. The van der Waals surface area contributed by atoms with Gasteiger partial charge in [0.15, 0.2) is 0 Å². The summed E-state index contributed by atoms with van der Waals surface area (Å²) in [6.45, 7) is -0.499. The zero-order valence-corrected chi connectivity index (χ0v) is 6.51. The predicted molar refractivity (Wildman–Crippen MR) is 39.0 cm³/mol. The van der Waals surface area contributed by atoms with Crippen LogP contribution in [0.2, 0.25) is 0 Å². The van der Waals surface area contributed by atoms with E-state index in [2.05, 4.69) is 4.84 Å². The molecule has 2 atom stereocenters. The molecule has 0 saturated carbocycles.